The fourth-order valence-corrected chi connectivity index (χ4v) is 4.80. The second-order valence-electron chi connectivity index (χ2n) is 6.47. The molecule has 1 aromatic rings. The van der Waals surface area contributed by atoms with Crippen LogP contribution in [0.15, 0.2) is 20.8 Å². The van der Waals surface area contributed by atoms with E-state index in [1.807, 2.05) is 41.5 Å². The zero-order valence-corrected chi connectivity index (χ0v) is 15.8. The van der Waals surface area contributed by atoms with Crippen LogP contribution in [0.25, 0.3) is 0 Å². The Morgan fingerprint density at radius 2 is 1.29 bits per heavy atom. The molecule has 1 rings (SSSR count). The first-order valence-electron chi connectivity index (χ1n) is 7.39. The smallest absolute Gasteiger partial charge is 0.275 e. The molecular formula is C16H28FNO4S2. The van der Waals surface area contributed by atoms with Gasteiger partial charge in [-0.3, -0.25) is 4.55 Å². The summed E-state index contributed by atoms with van der Waals surface area (Å²) in [4.78, 5) is -0.161. The summed E-state index contributed by atoms with van der Waals surface area (Å²) in [6.45, 7) is 11.2. The molecule has 0 aromatic heterocycles. The zero-order valence-electron chi connectivity index (χ0n) is 14.2. The van der Waals surface area contributed by atoms with Gasteiger partial charge in [-0.25, -0.2) is 0 Å². The van der Waals surface area contributed by atoms with E-state index in [-0.39, 0.29) is 30.1 Å². The molecule has 0 radical (unpaired) electrons. The Morgan fingerprint density at radius 1 is 0.917 bits per heavy atom. The standard InChI is InChI=1S/C15H24FNO4S2.CH4/c1-9(2)12-7-13(10(3)4)15(14(8-12)11(5)6)22(18,19)17-23(16,20)21;/h7-11H,1-6H3,(H,17,20,21);1H4. The van der Waals surface area contributed by atoms with Gasteiger partial charge in [0.05, 0.1) is 4.90 Å². The van der Waals surface area contributed by atoms with Gasteiger partial charge in [0.1, 0.15) is 0 Å². The molecule has 0 aliphatic rings. The predicted octanol–water partition coefficient (Wildman–Crippen LogP) is 5.21. The van der Waals surface area contributed by atoms with Crippen molar-refractivity contribution in [2.45, 2.75) is 71.6 Å². The van der Waals surface area contributed by atoms with Gasteiger partial charge in [-0.05, 0) is 34.4 Å². The van der Waals surface area contributed by atoms with Crippen molar-refractivity contribution in [1.82, 2.24) is 0 Å². The lowest BCUT2D eigenvalue weighted by atomic mass is 9.89. The lowest BCUT2D eigenvalue weighted by Crippen LogP contribution is -2.12. The molecule has 5 nitrogen and oxygen atoms in total. The van der Waals surface area contributed by atoms with Crippen molar-refractivity contribution < 1.29 is 21.1 Å². The molecule has 0 amide bonds. The second-order valence-corrected chi connectivity index (χ2v) is 9.29. The maximum Gasteiger partial charge on any atom is 0.342 e. The number of sulfonamides is 1. The SMILES string of the molecule is C.CC(C)c1cc(C(C)C)c(S(=O)(=O)N=S(=O)(O)F)c(C(C)C)c1. The van der Waals surface area contributed by atoms with Gasteiger partial charge in [0, 0.05) is 0 Å². The molecule has 0 aliphatic carbocycles. The molecule has 0 bridgehead atoms. The van der Waals surface area contributed by atoms with Crippen LogP contribution in [0.5, 0.6) is 0 Å². The van der Waals surface area contributed by atoms with Crippen LogP contribution in [0.4, 0.5) is 3.89 Å². The molecule has 0 saturated heterocycles. The van der Waals surface area contributed by atoms with Crippen molar-refractivity contribution >= 4 is 20.4 Å². The van der Waals surface area contributed by atoms with E-state index >= 15 is 0 Å². The van der Waals surface area contributed by atoms with Gasteiger partial charge in [0.15, 0.2) is 0 Å². The molecule has 8 heteroatoms. The van der Waals surface area contributed by atoms with Crippen molar-refractivity contribution in [2.75, 3.05) is 0 Å². The van der Waals surface area contributed by atoms with Crippen LogP contribution in [0.2, 0.25) is 0 Å². The molecule has 0 aliphatic heterocycles. The van der Waals surface area contributed by atoms with E-state index in [4.69, 9.17) is 4.55 Å². The van der Waals surface area contributed by atoms with Crippen LogP contribution in [0.3, 0.4) is 0 Å². The Labute approximate surface area is 146 Å². The topological polar surface area (TPSA) is 83.8 Å². The Morgan fingerprint density at radius 3 is 1.54 bits per heavy atom. The summed E-state index contributed by atoms with van der Waals surface area (Å²) < 4.78 is 60.0. The molecule has 1 N–H and O–H groups in total. The highest BCUT2D eigenvalue weighted by Gasteiger charge is 2.28. The first-order valence-corrected chi connectivity index (χ1v) is 10.2. The van der Waals surface area contributed by atoms with Crippen molar-refractivity contribution in [3.8, 4) is 0 Å². The van der Waals surface area contributed by atoms with Gasteiger partial charge in [-0.15, -0.1) is 0 Å². The first-order chi connectivity index (χ1) is 10.3. The lowest BCUT2D eigenvalue weighted by molar-refractivity contribution is 0.503. The van der Waals surface area contributed by atoms with Crippen molar-refractivity contribution in [2.24, 2.45) is 3.77 Å². The lowest BCUT2D eigenvalue weighted by Gasteiger charge is -2.21. The van der Waals surface area contributed by atoms with Crippen LogP contribution >= 0.6 is 0 Å². The van der Waals surface area contributed by atoms with E-state index in [2.05, 4.69) is 3.77 Å². The maximum atomic E-state index is 13.0. The summed E-state index contributed by atoms with van der Waals surface area (Å²) in [7, 11) is -9.84. The summed E-state index contributed by atoms with van der Waals surface area (Å²) in [5.74, 6) is -0.150. The van der Waals surface area contributed by atoms with Gasteiger partial charge < -0.3 is 0 Å². The number of halogens is 1. The number of nitrogens with zero attached hydrogens (tertiary/aromatic N) is 1. The van der Waals surface area contributed by atoms with Crippen LogP contribution in [-0.2, 0) is 20.4 Å². The van der Waals surface area contributed by atoms with Crippen molar-refractivity contribution in [1.29, 1.82) is 0 Å². The molecule has 0 fully saturated rings. The Balaban J connectivity index is 0.00000529. The highest BCUT2D eigenvalue weighted by molar-refractivity contribution is 7.98. The molecule has 0 spiro atoms. The largest absolute Gasteiger partial charge is 0.342 e. The fraction of sp³-hybridized carbons (Fsp3) is 0.625. The minimum atomic E-state index is -5.25. The van der Waals surface area contributed by atoms with Crippen LogP contribution in [0, 0.1) is 0 Å². The third kappa shape index (κ3) is 5.53. The molecule has 1 unspecified atom stereocenters. The third-order valence-corrected chi connectivity index (χ3v) is 6.04. The summed E-state index contributed by atoms with van der Waals surface area (Å²) >= 11 is 0. The Bertz CT molecular complexity index is 768. The monoisotopic (exact) mass is 381 g/mol. The number of rotatable bonds is 5. The third-order valence-electron chi connectivity index (χ3n) is 3.53. The van der Waals surface area contributed by atoms with Gasteiger partial charge in [-0.2, -0.15) is 12.6 Å². The highest BCUT2D eigenvalue weighted by atomic mass is 32.3. The maximum absolute atomic E-state index is 13.0. The quantitative estimate of drug-likeness (QED) is 0.710. The molecular weight excluding hydrogens is 353 g/mol. The van der Waals surface area contributed by atoms with Crippen molar-refractivity contribution in [3.63, 3.8) is 0 Å². The molecule has 0 saturated carbocycles. The minimum Gasteiger partial charge on any atom is -0.275 e. The Hall–Kier alpha value is -0.990. The first kappa shape index (κ1) is 23.0. The van der Waals surface area contributed by atoms with Gasteiger partial charge in [0.2, 0.25) is 0 Å². The van der Waals surface area contributed by atoms with Gasteiger partial charge >= 0.3 is 10.4 Å². The molecule has 1 aromatic carbocycles. The molecule has 24 heavy (non-hydrogen) atoms. The van der Waals surface area contributed by atoms with Crippen LogP contribution in [0.1, 0.15) is 83.4 Å². The van der Waals surface area contributed by atoms with E-state index in [1.54, 1.807) is 12.1 Å². The minimum absolute atomic E-state index is 0. The van der Waals surface area contributed by atoms with E-state index in [1.165, 1.54) is 0 Å². The molecule has 140 valence electrons. The van der Waals surface area contributed by atoms with Gasteiger partial charge in [0.25, 0.3) is 10.0 Å². The Kier molecular flexibility index (Phi) is 7.60. The predicted molar refractivity (Wildman–Crippen MR) is 96.9 cm³/mol. The normalized spacial score (nSPS) is 14.6. The zero-order chi connectivity index (χ0) is 18.2. The van der Waals surface area contributed by atoms with E-state index in [0.29, 0.717) is 11.1 Å². The number of benzene rings is 1. The summed E-state index contributed by atoms with van der Waals surface area (Å²) in [5.41, 5.74) is 1.92. The second kappa shape index (κ2) is 7.93. The van der Waals surface area contributed by atoms with E-state index in [0.717, 1.165) is 5.56 Å². The van der Waals surface area contributed by atoms with Crippen molar-refractivity contribution in [3.05, 3.63) is 28.8 Å². The van der Waals surface area contributed by atoms with Crippen LogP contribution in [-0.4, -0.2) is 17.2 Å². The number of hydrogen-bond acceptors (Lipinski definition) is 3. The average Bonchev–Trinajstić information content (AvgIpc) is 2.33. The highest BCUT2D eigenvalue weighted by Crippen LogP contribution is 2.36. The van der Waals surface area contributed by atoms with Crippen LogP contribution < -0.4 is 0 Å². The van der Waals surface area contributed by atoms with Gasteiger partial charge in [-0.1, -0.05) is 68.8 Å². The molecule has 0 heterocycles. The summed E-state index contributed by atoms with van der Waals surface area (Å²) in [6, 6.07) is 3.50. The molecule has 1 atom stereocenters. The number of hydrogen-bond donors (Lipinski definition) is 1. The summed E-state index contributed by atoms with van der Waals surface area (Å²) in [6.07, 6.45) is 0. The fourth-order valence-electron chi connectivity index (χ4n) is 2.35. The van der Waals surface area contributed by atoms with E-state index in [9.17, 15) is 16.5 Å². The summed E-state index contributed by atoms with van der Waals surface area (Å²) in [5, 5.41) is 0. The average molecular weight is 382 g/mol. The van der Waals surface area contributed by atoms with E-state index < -0.39 is 20.4 Å².